The fourth-order valence-corrected chi connectivity index (χ4v) is 7.31. The molecular weight excluding hydrogens is 326 g/mol. The zero-order valence-electron chi connectivity index (χ0n) is 16.4. The van der Waals surface area contributed by atoms with Gasteiger partial charge in [-0.1, -0.05) is 19.9 Å². The molecular formula is C22H33NO3. The van der Waals surface area contributed by atoms with Crippen molar-refractivity contribution in [2.24, 2.45) is 34.5 Å². The molecule has 3 fully saturated rings. The van der Waals surface area contributed by atoms with Gasteiger partial charge in [-0.15, -0.1) is 0 Å². The quantitative estimate of drug-likeness (QED) is 0.779. The highest BCUT2D eigenvalue weighted by Gasteiger charge is 2.59. The van der Waals surface area contributed by atoms with Gasteiger partial charge in [0.1, 0.15) is 0 Å². The van der Waals surface area contributed by atoms with Gasteiger partial charge in [0.25, 0.3) is 0 Å². The third-order valence-corrected chi connectivity index (χ3v) is 8.81. The van der Waals surface area contributed by atoms with Gasteiger partial charge < -0.3 is 10.1 Å². The number of amides is 1. The monoisotopic (exact) mass is 359 g/mol. The second-order valence-electron chi connectivity index (χ2n) is 9.65. The molecule has 0 radical (unpaired) electrons. The molecule has 0 saturated heterocycles. The van der Waals surface area contributed by atoms with E-state index in [2.05, 4.69) is 25.2 Å². The third kappa shape index (κ3) is 2.63. The average Bonchev–Trinajstić information content (AvgIpc) is 2.96. The maximum absolute atomic E-state index is 11.8. The van der Waals surface area contributed by atoms with Crippen LogP contribution in [0.15, 0.2) is 12.2 Å². The van der Waals surface area contributed by atoms with E-state index in [0.717, 1.165) is 24.7 Å². The standard InChI is InChI=1S/C22H33NO3/c1-21-12-10-17-15(6-8-18-22(17,2)13-11-19(24)23-18)16(21)7-4-14(21)5-9-20(25)26-3/h11,13-18H,4-10,12H2,1-3H3,(H,23,24)/t14-,15?,16?,17?,18-,21-,22-/m1/s1. The van der Waals surface area contributed by atoms with Crippen LogP contribution in [-0.4, -0.2) is 25.0 Å². The molecule has 4 nitrogen and oxygen atoms in total. The minimum Gasteiger partial charge on any atom is -0.469 e. The number of hydrogen-bond donors (Lipinski definition) is 1. The first-order valence-electron chi connectivity index (χ1n) is 10.4. The van der Waals surface area contributed by atoms with Crippen LogP contribution in [0.1, 0.15) is 65.2 Å². The minimum absolute atomic E-state index is 0.0677. The fourth-order valence-electron chi connectivity index (χ4n) is 7.31. The zero-order chi connectivity index (χ0) is 18.5. The van der Waals surface area contributed by atoms with E-state index in [-0.39, 0.29) is 17.3 Å². The Balaban J connectivity index is 1.53. The van der Waals surface area contributed by atoms with E-state index in [9.17, 15) is 9.59 Å². The van der Waals surface area contributed by atoms with E-state index in [0.29, 0.717) is 29.7 Å². The highest BCUT2D eigenvalue weighted by atomic mass is 16.5. The van der Waals surface area contributed by atoms with Crippen LogP contribution in [0.5, 0.6) is 0 Å². The Morgan fingerprint density at radius 3 is 2.77 bits per heavy atom. The first kappa shape index (κ1) is 18.1. The van der Waals surface area contributed by atoms with Crippen LogP contribution < -0.4 is 5.32 Å². The number of carbonyl (C=O) groups is 2. The molecule has 0 bridgehead atoms. The minimum atomic E-state index is -0.0677. The van der Waals surface area contributed by atoms with Crippen LogP contribution in [0.4, 0.5) is 0 Å². The highest BCUT2D eigenvalue weighted by molar-refractivity contribution is 5.89. The summed E-state index contributed by atoms with van der Waals surface area (Å²) in [6, 6.07) is 0.308. The molecule has 3 unspecified atom stereocenters. The Bertz CT molecular complexity index is 629. The van der Waals surface area contributed by atoms with E-state index in [1.54, 1.807) is 6.08 Å². The molecule has 4 rings (SSSR count). The van der Waals surface area contributed by atoms with Crippen LogP contribution in [0.2, 0.25) is 0 Å². The molecule has 26 heavy (non-hydrogen) atoms. The lowest BCUT2D eigenvalue weighted by atomic mass is 9.48. The number of hydrogen-bond acceptors (Lipinski definition) is 3. The molecule has 144 valence electrons. The van der Waals surface area contributed by atoms with E-state index in [1.807, 2.05) is 0 Å². The SMILES string of the molecule is COC(=O)CC[C@H]1CCC2C3CC[C@H]4NC(=O)C=C[C@]4(C)C3CC[C@@]21C. The summed E-state index contributed by atoms with van der Waals surface area (Å²) in [7, 11) is 1.49. The van der Waals surface area contributed by atoms with Crippen molar-refractivity contribution in [2.75, 3.05) is 7.11 Å². The Hall–Kier alpha value is -1.32. The molecule has 7 atom stereocenters. The molecule has 4 aliphatic rings. The molecule has 3 saturated carbocycles. The number of esters is 1. The Morgan fingerprint density at radius 1 is 1.19 bits per heavy atom. The van der Waals surface area contributed by atoms with Crippen LogP contribution >= 0.6 is 0 Å². The van der Waals surface area contributed by atoms with Crippen molar-refractivity contribution in [3.63, 3.8) is 0 Å². The fraction of sp³-hybridized carbons (Fsp3) is 0.818. The topological polar surface area (TPSA) is 55.4 Å². The lowest BCUT2D eigenvalue weighted by Crippen LogP contribution is -2.59. The van der Waals surface area contributed by atoms with Crippen molar-refractivity contribution in [3.05, 3.63) is 12.2 Å². The van der Waals surface area contributed by atoms with Gasteiger partial charge in [-0.3, -0.25) is 9.59 Å². The normalized spacial score (nSPS) is 46.7. The van der Waals surface area contributed by atoms with Crippen molar-refractivity contribution in [3.8, 4) is 0 Å². The summed E-state index contributed by atoms with van der Waals surface area (Å²) >= 11 is 0. The summed E-state index contributed by atoms with van der Waals surface area (Å²) < 4.78 is 4.86. The predicted molar refractivity (Wildman–Crippen MR) is 100 cm³/mol. The van der Waals surface area contributed by atoms with Crippen molar-refractivity contribution in [1.29, 1.82) is 0 Å². The van der Waals surface area contributed by atoms with Gasteiger partial charge in [0, 0.05) is 17.9 Å². The summed E-state index contributed by atoms with van der Waals surface area (Å²) in [5, 5.41) is 3.23. The van der Waals surface area contributed by atoms with Crippen LogP contribution in [-0.2, 0) is 14.3 Å². The van der Waals surface area contributed by atoms with E-state index in [4.69, 9.17) is 4.74 Å². The summed E-state index contributed by atoms with van der Waals surface area (Å²) in [5.74, 6) is 2.87. The first-order chi connectivity index (χ1) is 12.4. The second kappa shape index (κ2) is 6.38. The smallest absolute Gasteiger partial charge is 0.305 e. The lowest BCUT2D eigenvalue weighted by molar-refractivity contribution is -0.141. The second-order valence-corrected chi connectivity index (χ2v) is 9.65. The Kier molecular flexibility index (Phi) is 4.44. The van der Waals surface area contributed by atoms with Gasteiger partial charge in [-0.25, -0.2) is 0 Å². The van der Waals surface area contributed by atoms with Gasteiger partial charge in [0.2, 0.25) is 5.91 Å². The summed E-state index contributed by atoms with van der Waals surface area (Å²) in [6.45, 7) is 4.87. The Labute approximate surface area is 157 Å². The molecule has 0 aromatic heterocycles. The van der Waals surface area contributed by atoms with E-state index >= 15 is 0 Å². The number of methoxy groups -OCH3 is 1. The Morgan fingerprint density at radius 2 is 2.00 bits per heavy atom. The van der Waals surface area contributed by atoms with Crippen molar-refractivity contribution in [1.82, 2.24) is 5.32 Å². The van der Waals surface area contributed by atoms with E-state index < -0.39 is 0 Å². The third-order valence-electron chi connectivity index (χ3n) is 8.81. The molecule has 1 aliphatic heterocycles. The molecule has 0 aromatic rings. The molecule has 3 aliphatic carbocycles. The maximum atomic E-state index is 11.8. The van der Waals surface area contributed by atoms with Crippen molar-refractivity contribution >= 4 is 11.9 Å². The summed E-state index contributed by atoms with van der Waals surface area (Å²) in [4.78, 5) is 23.4. The van der Waals surface area contributed by atoms with Crippen LogP contribution in [0.25, 0.3) is 0 Å². The summed E-state index contributed by atoms with van der Waals surface area (Å²) in [6.07, 6.45) is 12.9. The maximum Gasteiger partial charge on any atom is 0.305 e. The number of nitrogens with one attached hydrogen (secondary N) is 1. The molecule has 1 N–H and O–H groups in total. The number of rotatable bonds is 3. The van der Waals surface area contributed by atoms with Gasteiger partial charge in [-0.2, -0.15) is 0 Å². The number of fused-ring (bicyclic) bond motifs is 5. The molecule has 4 heteroatoms. The van der Waals surface area contributed by atoms with Crippen molar-refractivity contribution in [2.45, 2.75) is 71.3 Å². The average molecular weight is 360 g/mol. The lowest BCUT2D eigenvalue weighted by Gasteiger charge is -2.59. The van der Waals surface area contributed by atoms with Crippen LogP contribution in [0.3, 0.4) is 0 Å². The number of carbonyl (C=O) groups excluding carboxylic acids is 2. The number of ether oxygens (including phenoxy) is 1. The molecule has 0 aromatic carbocycles. The van der Waals surface area contributed by atoms with Gasteiger partial charge >= 0.3 is 5.97 Å². The van der Waals surface area contributed by atoms with Crippen LogP contribution in [0, 0.1) is 34.5 Å². The van der Waals surface area contributed by atoms with Crippen molar-refractivity contribution < 1.29 is 14.3 Å². The van der Waals surface area contributed by atoms with Gasteiger partial charge in [0.15, 0.2) is 0 Å². The predicted octanol–water partition coefficient (Wildman–Crippen LogP) is 3.85. The largest absolute Gasteiger partial charge is 0.469 e. The summed E-state index contributed by atoms with van der Waals surface area (Å²) in [5.41, 5.74) is 0.488. The van der Waals surface area contributed by atoms with Gasteiger partial charge in [-0.05, 0) is 80.1 Å². The zero-order valence-corrected chi connectivity index (χ0v) is 16.4. The first-order valence-corrected chi connectivity index (χ1v) is 10.4. The van der Waals surface area contributed by atoms with E-state index in [1.165, 1.54) is 39.2 Å². The highest BCUT2D eigenvalue weighted by Crippen LogP contribution is 2.65. The molecule has 1 amide bonds. The molecule has 0 spiro atoms. The van der Waals surface area contributed by atoms with Gasteiger partial charge in [0.05, 0.1) is 7.11 Å². The molecule has 1 heterocycles.